The minimum Gasteiger partial charge on any atom is -0.469 e. The highest BCUT2D eigenvalue weighted by molar-refractivity contribution is 5.77. The van der Waals surface area contributed by atoms with Crippen molar-refractivity contribution in [1.29, 1.82) is 0 Å². The van der Waals surface area contributed by atoms with Crippen LogP contribution >= 0.6 is 0 Å². The lowest BCUT2D eigenvalue weighted by atomic mass is 9.82. The Kier molecular flexibility index (Phi) is 7.96. The number of ether oxygens (including phenoxy) is 3. The maximum Gasteiger partial charge on any atom is 0.326 e. The monoisotopic (exact) mass is 418 g/mol. The van der Waals surface area contributed by atoms with E-state index in [-0.39, 0.29) is 23.9 Å². The lowest BCUT2D eigenvalue weighted by molar-refractivity contribution is -0.146. The van der Waals surface area contributed by atoms with Gasteiger partial charge in [0.1, 0.15) is 5.75 Å². The summed E-state index contributed by atoms with van der Waals surface area (Å²) in [5.41, 5.74) is 1.56. The normalized spacial score (nSPS) is 24.0. The summed E-state index contributed by atoms with van der Waals surface area (Å²) >= 11 is 0. The van der Waals surface area contributed by atoms with Crippen LogP contribution in [-0.4, -0.2) is 35.5 Å². The van der Waals surface area contributed by atoms with E-state index >= 15 is 0 Å². The second-order valence-corrected chi connectivity index (χ2v) is 7.87. The van der Waals surface area contributed by atoms with Crippen LogP contribution in [0.1, 0.15) is 58.8 Å². The van der Waals surface area contributed by atoms with Gasteiger partial charge in [0, 0.05) is 19.0 Å². The van der Waals surface area contributed by atoms with E-state index in [9.17, 15) is 9.59 Å². The van der Waals surface area contributed by atoms with Crippen LogP contribution in [0.25, 0.3) is 11.0 Å². The van der Waals surface area contributed by atoms with Gasteiger partial charge < -0.3 is 19.2 Å². The fraction of sp³-hybridized carbons (Fsp3) is 0.652. The van der Waals surface area contributed by atoms with Gasteiger partial charge in [-0.25, -0.2) is 4.79 Å². The molecular weight excluding hydrogens is 384 g/mol. The molecule has 2 fully saturated rings. The van der Waals surface area contributed by atoms with Crippen LogP contribution in [0, 0.1) is 11.8 Å². The number of H-pyrrole nitrogens is 1. The van der Waals surface area contributed by atoms with Crippen molar-refractivity contribution in [2.24, 2.45) is 11.8 Å². The molecule has 2 aromatic rings. The Hall–Kier alpha value is -2.28. The number of nitrogens with one attached hydrogen (secondary N) is 1. The van der Waals surface area contributed by atoms with Crippen molar-refractivity contribution in [3.63, 3.8) is 0 Å². The Balaban J connectivity index is 0.00000124. The third kappa shape index (κ3) is 5.25. The van der Waals surface area contributed by atoms with Gasteiger partial charge in [-0.05, 0) is 56.6 Å². The van der Waals surface area contributed by atoms with Gasteiger partial charge in [0.05, 0.1) is 30.7 Å². The first-order valence-electron chi connectivity index (χ1n) is 11.2. The van der Waals surface area contributed by atoms with Gasteiger partial charge in [-0.2, -0.15) is 0 Å². The SMILES string of the molecule is CC.COC(=O)C1CCC(Cn2c(=O)[nH]c3ccc(OC4CCCCO4)cc32)CC1. The van der Waals surface area contributed by atoms with Crippen molar-refractivity contribution in [3.8, 4) is 5.75 Å². The third-order valence-corrected chi connectivity index (χ3v) is 5.97. The number of hydrogen-bond donors (Lipinski definition) is 1. The highest BCUT2D eigenvalue weighted by Crippen LogP contribution is 2.31. The second kappa shape index (κ2) is 10.7. The van der Waals surface area contributed by atoms with Gasteiger partial charge in [-0.1, -0.05) is 13.8 Å². The molecule has 1 atom stereocenters. The number of esters is 1. The van der Waals surface area contributed by atoms with Crippen molar-refractivity contribution < 1.29 is 19.0 Å². The number of carbonyl (C=O) groups is 1. The average Bonchev–Trinajstić information content (AvgIpc) is 3.10. The molecule has 1 saturated heterocycles. The summed E-state index contributed by atoms with van der Waals surface area (Å²) in [6, 6.07) is 5.69. The predicted molar refractivity (Wildman–Crippen MR) is 116 cm³/mol. The Labute approximate surface area is 177 Å². The molecule has 7 nitrogen and oxygen atoms in total. The van der Waals surface area contributed by atoms with E-state index in [0.717, 1.165) is 68.3 Å². The summed E-state index contributed by atoms with van der Waals surface area (Å²) in [6.07, 6.45) is 6.35. The van der Waals surface area contributed by atoms with Crippen molar-refractivity contribution >= 4 is 17.0 Å². The molecule has 2 heterocycles. The fourth-order valence-corrected chi connectivity index (χ4v) is 4.35. The molecule has 0 spiro atoms. The molecule has 4 rings (SSSR count). The zero-order valence-electron chi connectivity index (χ0n) is 18.3. The van der Waals surface area contributed by atoms with Crippen LogP contribution in [0.2, 0.25) is 0 Å². The van der Waals surface area contributed by atoms with Crippen molar-refractivity contribution in [2.45, 2.75) is 71.6 Å². The van der Waals surface area contributed by atoms with Crippen molar-refractivity contribution in [3.05, 3.63) is 28.7 Å². The van der Waals surface area contributed by atoms with Crippen molar-refractivity contribution in [2.75, 3.05) is 13.7 Å². The van der Waals surface area contributed by atoms with Gasteiger partial charge >= 0.3 is 11.7 Å². The third-order valence-electron chi connectivity index (χ3n) is 5.97. The number of fused-ring (bicyclic) bond motifs is 1. The van der Waals surface area contributed by atoms with Crippen LogP contribution in [0.4, 0.5) is 0 Å². The lowest BCUT2D eigenvalue weighted by Gasteiger charge is -2.27. The van der Waals surface area contributed by atoms with Crippen LogP contribution < -0.4 is 10.4 Å². The molecule has 0 amide bonds. The zero-order chi connectivity index (χ0) is 21.5. The Morgan fingerprint density at radius 2 is 1.93 bits per heavy atom. The molecule has 166 valence electrons. The molecule has 1 N–H and O–H groups in total. The first-order valence-corrected chi connectivity index (χ1v) is 11.2. The molecule has 1 aromatic carbocycles. The first kappa shape index (κ1) is 22.4. The highest BCUT2D eigenvalue weighted by Gasteiger charge is 2.27. The summed E-state index contributed by atoms with van der Waals surface area (Å²) in [7, 11) is 1.44. The number of imidazole rings is 1. The summed E-state index contributed by atoms with van der Waals surface area (Å²) in [6.45, 7) is 5.38. The van der Waals surface area contributed by atoms with Crippen molar-refractivity contribution in [1.82, 2.24) is 9.55 Å². The number of aromatic nitrogens is 2. The number of methoxy groups -OCH3 is 1. The summed E-state index contributed by atoms with van der Waals surface area (Å²) < 4.78 is 18.3. The molecule has 30 heavy (non-hydrogen) atoms. The first-order chi connectivity index (χ1) is 14.6. The maximum absolute atomic E-state index is 12.5. The van der Waals surface area contributed by atoms with Gasteiger partial charge in [0.25, 0.3) is 0 Å². The zero-order valence-corrected chi connectivity index (χ0v) is 18.3. The highest BCUT2D eigenvalue weighted by atomic mass is 16.7. The molecule has 1 aliphatic heterocycles. The van der Waals surface area contributed by atoms with Crippen LogP contribution in [0.5, 0.6) is 5.75 Å². The molecule has 1 saturated carbocycles. The number of carbonyl (C=O) groups excluding carboxylic acids is 1. The molecule has 0 bridgehead atoms. The van der Waals surface area contributed by atoms with E-state index in [1.807, 2.05) is 32.0 Å². The van der Waals surface area contributed by atoms with E-state index in [1.54, 1.807) is 4.57 Å². The molecular formula is C23H34N2O5. The molecule has 1 aliphatic carbocycles. The minimum absolute atomic E-state index is 0.00330. The number of benzene rings is 1. The quantitative estimate of drug-likeness (QED) is 0.735. The molecule has 1 unspecified atom stereocenters. The Morgan fingerprint density at radius 1 is 1.17 bits per heavy atom. The standard InChI is InChI=1S/C21H28N2O5.C2H6/c1-26-20(24)15-7-5-14(6-8-15)13-23-18-12-16(9-10-17(18)22-21(23)25)28-19-4-2-3-11-27-19;1-2/h9-10,12,14-15,19H,2-8,11,13H2,1H3,(H,22,25);1-2H3. The number of rotatable bonds is 5. The predicted octanol–water partition coefficient (Wildman–Crippen LogP) is 4.24. The molecule has 7 heteroatoms. The van der Waals surface area contributed by atoms with E-state index < -0.39 is 0 Å². The van der Waals surface area contributed by atoms with Crippen LogP contribution in [-0.2, 0) is 20.8 Å². The Morgan fingerprint density at radius 3 is 2.60 bits per heavy atom. The van der Waals surface area contributed by atoms with E-state index in [2.05, 4.69) is 4.98 Å². The van der Waals surface area contributed by atoms with E-state index in [0.29, 0.717) is 12.5 Å². The van der Waals surface area contributed by atoms with E-state index in [4.69, 9.17) is 14.2 Å². The fourth-order valence-electron chi connectivity index (χ4n) is 4.35. The van der Waals surface area contributed by atoms with Gasteiger partial charge in [-0.3, -0.25) is 9.36 Å². The molecule has 2 aliphatic rings. The van der Waals surface area contributed by atoms with Gasteiger partial charge in [0.15, 0.2) is 6.29 Å². The second-order valence-electron chi connectivity index (χ2n) is 7.87. The molecule has 0 radical (unpaired) electrons. The largest absolute Gasteiger partial charge is 0.469 e. The minimum atomic E-state index is -0.209. The number of hydrogen-bond acceptors (Lipinski definition) is 5. The van der Waals surface area contributed by atoms with Gasteiger partial charge in [-0.15, -0.1) is 0 Å². The lowest BCUT2D eigenvalue weighted by Crippen LogP contribution is -2.27. The average molecular weight is 419 g/mol. The molecule has 1 aromatic heterocycles. The summed E-state index contributed by atoms with van der Waals surface area (Å²) in [4.78, 5) is 27.1. The smallest absolute Gasteiger partial charge is 0.326 e. The van der Waals surface area contributed by atoms with Crippen LogP contribution in [0.15, 0.2) is 23.0 Å². The van der Waals surface area contributed by atoms with Crippen LogP contribution in [0.3, 0.4) is 0 Å². The van der Waals surface area contributed by atoms with Gasteiger partial charge in [0.2, 0.25) is 0 Å². The summed E-state index contributed by atoms with van der Waals surface area (Å²) in [5, 5.41) is 0. The number of aromatic amines is 1. The Bertz CT molecular complexity index is 873. The van der Waals surface area contributed by atoms with E-state index in [1.165, 1.54) is 7.11 Å². The number of nitrogens with zero attached hydrogens (tertiary/aromatic N) is 1. The maximum atomic E-state index is 12.5. The summed E-state index contributed by atoms with van der Waals surface area (Å²) in [5.74, 6) is 0.983. The topological polar surface area (TPSA) is 82.6 Å².